The highest BCUT2D eigenvalue weighted by Gasteiger charge is 2.38. The lowest BCUT2D eigenvalue weighted by Gasteiger charge is -2.37. The number of rotatable bonds is 5. The van der Waals surface area contributed by atoms with Crippen LogP contribution in [0.1, 0.15) is 51.1 Å². The van der Waals surface area contributed by atoms with E-state index >= 15 is 0 Å². The standard InChI is InChI=1S/C17H25BrN2O/c1-3-7-17(8-10-19-11-9-17)16(21)20-13(2)14-5-4-6-15(18)12-14/h4-6,12-13,19H,3,7-11H2,1-2H3,(H,20,21). The Kier molecular flexibility index (Phi) is 5.82. The molecular formula is C17H25BrN2O. The summed E-state index contributed by atoms with van der Waals surface area (Å²) in [5.74, 6) is 0.221. The Morgan fingerprint density at radius 1 is 1.43 bits per heavy atom. The van der Waals surface area contributed by atoms with Crippen LogP contribution in [0.15, 0.2) is 28.7 Å². The predicted octanol–water partition coefficient (Wildman–Crippen LogP) is 3.80. The van der Waals surface area contributed by atoms with Crippen molar-refractivity contribution in [3.05, 3.63) is 34.3 Å². The van der Waals surface area contributed by atoms with E-state index in [1.54, 1.807) is 0 Å². The number of carbonyl (C=O) groups is 1. The lowest BCUT2D eigenvalue weighted by Crippen LogP contribution is -2.48. The highest BCUT2D eigenvalue weighted by atomic mass is 79.9. The van der Waals surface area contributed by atoms with Gasteiger partial charge in [0.15, 0.2) is 0 Å². The number of carbonyl (C=O) groups excluding carboxylic acids is 1. The van der Waals surface area contributed by atoms with Crippen molar-refractivity contribution in [3.8, 4) is 0 Å². The summed E-state index contributed by atoms with van der Waals surface area (Å²) in [5, 5.41) is 6.59. The molecule has 0 spiro atoms. The number of amides is 1. The Labute approximate surface area is 136 Å². The zero-order valence-corrected chi connectivity index (χ0v) is 14.5. The molecule has 0 aromatic heterocycles. The van der Waals surface area contributed by atoms with Gasteiger partial charge in [-0.1, -0.05) is 41.4 Å². The molecule has 0 bridgehead atoms. The van der Waals surface area contributed by atoms with Gasteiger partial charge in [-0.05, 0) is 57.0 Å². The van der Waals surface area contributed by atoms with E-state index in [2.05, 4.69) is 52.5 Å². The summed E-state index contributed by atoms with van der Waals surface area (Å²) in [6.07, 6.45) is 3.92. The van der Waals surface area contributed by atoms with Crippen LogP contribution in [0.5, 0.6) is 0 Å². The molecule has 0 aliphatic carbocycles. The third-order valence-corrected chi connectivity index (χ3v) is 4.96. The van der Waals surface area contributed by atoms with Crippen molar-refractivity contribution < 1.29 is 4.79 Å². The SMILES string of the molecule is CCCC1(C(=O)NC(C)c2cccc(Br)c2)CCNCC1. The molecule has 1 heterocycles. The Morgan fingerprint density at radius 2 is 2.14 bits per heavy atom. The number of halogens is 1. The van der Waals surface area contributed by atoms with E-state index in [1.807, 2.05) is 12.1 Å². The molecule has 1 unspecified atom stereocenters. The Hall–Kier alpha value is -0.870. The van der Waals surface area contributed by atoms with Crippen LogP contribution in [-0.4, -0.2) is 19.0 Å². The second kappa shape index (κ2) is 7.41. The van der Waals surface area contributed by atoms with Crippen LogP contribution in [0.4, 0.5) is 0 Å². The van der Waals surface area contributed by atoms with Gasteiger partial charge in [0, 0.05) is 4.47 Å². The molecule has 1 fully saturated rings. The van der Waals surface area contributed by atoms with Crippen molar-refractivity contribution >= 4 is 21.8 Å². The highest BCUT2D eigenvalue weighted by molar-refractivity contribution is 9.10. The summed E-state index contributed by atoms with van der Waals surface area (Å²) < 4.78 is 1.05. The fourth-order valence-electron chi connectivity index (χ4n) is 3.18. The quantitative estimate of drug-likeness (QED) is 0.846. The number of piperidine rings is 1. The van der Waals surface area contributed by atoms with Gasteiger partial charge in [0.1, 0.15) is 0 Å². The van der Waals surface area contributed by atoms with Crippen LogP contribution in [0.2, 0.25) is 0 Å². The second-order valence-corrected chi connectivity index (χ2v) is 6.95. The minimum atomic E-state index is -0.180. The third-order valence-electron chi connectivity index (χ3n) is 4.47. The summed E-state index contributed by atoms with van der Waals surface area (Å²) in [4.78, 5) is 12.8. The van der Waals surface area contributed by atoms with Gasteiger partial charge in [-0.3, -0.25) is 4.79 Å². The molecule has 116 valence electrons. The van der Waals surface area contributed by atoms with E-state index in [0.29, 0.717) is 0 Å². The maximum absolute atomic E-state index is 12.8. The summed E-state index contributed by atoms with van der Waals surface area (Å²) in [5.41, 5.74) is 0.957. The van der Waals surface area contributed by atoms with Crippen molar-refractivity contribution in [3.63, 3.8) is 0 Å². The van der Waals surface area contributed by atoms with E-state index in [9.17, 15) is 4.79 Å². The van der Waals surface area contributed by atoms with Gasteiger partial charge in [-0.25, -0.2) is 0 Å². The Morgan fingerprint density at radius 3 is 2.76 bits per heavy atom. The molecule has 1 aliphatic rings. The highest BCUT2D eigenvalue weighted by Crippen LogP contribution is 2.35. The molecule has 1 atom stereocenters. The molecule has 0 radical (unpaired) electrons. The van der Waals surface area contributed by atoms with Crippen LogP contribution < -0.4 is 10.6 Å². The summed E-state index contributed by atoms with van der Waals surface area (Å²) in [7, 11) is 0. The zero-order chi connectivity index (χ0) is 15.3. The van der Waals surface area contributed by atoms with Crippen molar-refractivity contribution in [2.24, 2.45) is 5.41 Å². The Balaban J connectivity index is 2.07. The molecule has 1 saturated heterocycles. The average Bonchev–Trinajstić information content (AvgIpc) is 2.48. The molecule has 0 saturated carbocycles. The minimum absolute atomic E-state index is 0.0404. The van der Waals surface area contributed by atoms with E-state index in [4.69, 9.17) is 0 Å². The van der Waals surface area contributed by atoms with E-state index < -0.39 is 0 Å². The van der Waals surface area contributed by atoms with Crippen molar-refractivity contribution in [1.82, 2.24) is 10.6 Å². The summed E-state index contributed by atoms with van der Waals surface area (Å²) >= 11 is 3.49. The Bertz CT molecular complexity index is 478. The molecule has 1 aromatic carbocycles. The fraction of sp³-hybridized carbons (Fsp3) is 0.588. The molecule has 1 aliphatic heterocycles. The van der Waals surface area contributed by atoms with Crippen LogP contribution in [-0.2, 0) is 4.79 Å². The molecule has 4 heteroatoms. The van der Waals surface area contributed by atoms with E-state index in [-0.39, 0.29) is 17.4 Å². The molecular weight excluding hydrogens is 328 g/mol. The monoisotopic (exact) mass is 352 g/mol. The van der Waals surface area contributed by atoms with Crippen molar-refractivity contribution in [1.29, 1.82) is 0 Å². The van der Waals surface area contributed by atoms with Crippen LogP contribution in [0.25, 0.3) is 0 Å². The summed E-state index contributed by atoms with van der Waals surface area (Å²) in [6, 6.07) is 8.18. The van der Waals surface area contributed by atoms with Gasteiger partial charge in [0.2, 0.25) is 5.91 Å². The van der Waals surface area contributed by atoms with Gasteiger partial charge in [-0.2, -0.15) is 0 Å². The largest absolute Gasteiger partial charge is 0.349 e. The molecule has 21 heavy (non-hydrogen) atoms. The maximum atomic E-state index is 12.8. The second-order valence-electron chi connectivity index (χ2n) is 6.03. The normalized spacial score (nSPS) is 19.0. The van der Waals surface area contributed by atoms with Gasteiger partial charge in [0.25, 0.3) is 0 Å². The third kappa shape index (κ3) is 4.07. The molecule has 2 N–H and O–H groups in total. The minimum Gasteiger partial charge on any atom is -0.349 e. The maximum Gasteiger partial charge on any atom is 0.226 e. The van der Waals surface area contributed by atoms with Crippen LogP contribution in [0.3, 0.4) is 0 Å². The predicted molar refractivity (Wildman–Crippen MR) is 90.1 cm³/mol. The first kappa shape index (κ1) is 16.5. The first-order valence-electron chi connectivity index (χ1n) is 7.84. The van der Waals surface area contributed by atoms with Gasteiger partial charge >= 0.3 is 0 Å². The van der Waals surface area contributed by atoms with Crippen molar-refractivity contribution in [2.75, 3.05) is 13.1 Å². The van der Waals surface area contributed by atoms with Gasteiger partial charge in [0.05, 0.1) is 11.5 Å². The summed E-state index contributed by atoms with van der Waals surface area (Å²) in [6.45, 7) is 6.10. The van der Waals surface area contributed by atoms with Crippen molar-refractivity contribution in [2.45, 2.75) is 45.6 Å². The fourth-order valence-corrected chi connectivity index (χ4v) is 3.60. The number of hydrogen-bond donors (Lipinski definition) is 2. The number of benzene rings is 1. The zero-order valence-electron chi connectivity index (χ0n) is 12.9. The number of hydrogen-bond acceptors (Lipinski definition) is 2. The lowest BCUT2D eigenvalue weighted by atomic mass is 9.74. The molecule has 2 rings (SSSR count). The molecule has 1 aromatic rings. The molecule has 3 nitrogen and oxygen atoms in total. The van der Waals surface area contributed by atoms with Crippen LogP contribution in [0, 0.1) is 5.41 Å². The van der Waals surface area contributed by atoms with E-state index in [0.717, 1.165) is 48.8 Å². The number of nitrogens with one attached hydrogen (secondary N) is 2. The van der Waals surface area contributed by atoms with Crippen LogP contribution >= 0.6 is 15.9 Å². The topological polar surface area (TPSA) is 41.1 Å². The van der Waals surface area contributed by atoms with Gasteiger partial charge in [-0.15, -0.1) is 0 Å². The smallest absolute Gasteiger partial charge is 0.226 e. The average molecular weight is 353 g/mol. The van der Waals surface area contributed by atoms with Gasteiger partial charge < -0.3 is 10.6 Å². The lowest BCUT2D eigenvalue weighted by molar-refractivity contribution is -0.133. The first-order valence-corrected chi connectivity index (χ1v) is 8.64. The first-order chi connectivity index (χ1) is 10.1. The molecule has 1 amide bonds. The van der Waals surface area contributed by atoms with E-state index in [1.165, 1.54) is 0 Å².